The summed E-state index contributed by atoms with van der Waals surface area (Å²) in [4.78, 5) is 0. The van der Waals surface area contributed by atoms with E-state index in [1.54, 1.807) is 6.07 Å². The first-order valence-corrected chi connectivity index (χ1v) is 7.62. The molecule has 0 fully saturated rings. The van der Waals surface area contributed by atoms with Crippen LogP contribution in [0.3, 0.4) is 0 Å². The predicted molar refractivity (Wildman–Crippen MR) is 86.1 cm³/mol. The SMILES string of the molecule is CNCc1ccc(Br)cc1Oc1ccc(Cl)cc1Br. The molecule has 0 aliphatic heterocycles. The zero-order valence-electron chi connectivity index (χ0n) is 10.2. The zero-order valence-corrected chi connectivity index (χ0v) is 14.1. The molecule has 0 spiro atoms. The highest BCUT2D eigenvalue weighted by atomic mass is 79.9. The van der Waals surface area contributed by atoms with Gasteiger partial charge in [-0.1, -0.05) is 33.6 Å². The average molecular weight is 406 g/mol. The Labute approximate surface area is 134 Å². The summed E-state index contributed by atoms with van der Waals surface area (Å²) in [5.74, 6) is 1.55. The third-order valence-electron chi connectivity index (χ3n) is 2.51. The second kappa shape index (κ2) is 6.75. The zero-order chi connectivity index (χ0) is 13.8. The monoisotopic (exact) mass is 403 g/mol. The van der Waals surface area contributed by atoms with E-state index < -0.39 is 0 Å². The van der Waals surface area contributed by atoms with Gasteiger partial charge in [0, 0.05) is 21.6 Å². The summed E-state index contributed by atoms with van der Waals surface area (Å²) in [7, 11) is 1.91. The lowest BCUT2D eigenvalue weighted by Crippen LogP contribution is -2.06. The lowest BCUT2D eigenvalue weighted by molar-refractivity contribution is 0.471. The van der Waals surface area contributed by atoms with Crippen molar-refractivity contribution in [3.8, 4) is 11.5 Å². The van der Waals surface area contributed by atoms with Crippen molar-refractivity contribution >= 4 is 43.5 Å². The topological polar surface area (TPSA) is 21.3 Å². The Morgan fingerprint density at radius 3 is 2.58 bits per heavy atom. The number of nitrogens with one attached hydrogen (secondary N) is 1. The maximum atomic E-state index is 5.95. The minimum atomic E-state index is 0.670. The smallest absolute Gasteiger partial charge is 0.141 e. The molecule has 100 valence electrons. The molecule has 0 atom stereocenters. The Balaban J connectivity index is 2.33. The number of ether oxygens (including phenoxy) is 1. The number of hydrogen-bond donors (Lipinski definition) is 1. The molecule has 0 saturated carbocycles. The van der Waals surface area contributed by atoms with Crippen LogP contribution in [-0.2, 0) is 6.54 Å². The highest BCUT2D eigenvalue weighted by Crippen LogP contribution is 2.34. The molecule has 0 saturated heterocycles. The summed E-state index contributed by atoms with van der Waals surface area (Å²) in [6.45, 7) is 0.744. The molecule has 0 amide bonds. The molecule has 0 radical (unpaired) electrons. The van der Waals surface area contributed by atoms with E-state index >= 15 is 0 Å². The van der Waals surface area contributed by atoms with Gasteiger partial charge in [0.15, 0.2) is 0 Å². The summed E-state index contributed by atoms with van der Waals surface area (Å²) in [6.07, 6.45) is 0. The van der Waals surface area contributed by atoms with Crippen molar-refractivity contribution in [1.82, 2.24) is 5.32 Å². The van der Waals surface area contributed by atoms with E-state index in [4.69, 9.17) is 16.3 Å². The third kappa shape index (κ3) is 3.96. The first-order valence-electron chi connectivity index (χ1n) is 5.66. The maximum Gasteiger partial charge on any atom is 0.141 e. The van der Waals surface area contributed by atoms with Gasteiger partial charge in [0.25, 0.3) is 0 Å². The van der Waals surface area contributed by atoms with Gasteiger partial charge in [-0.3, -0.25) is 0 Å². The van der Waals surface area contributed by atoms with E-state index in [-0.39, 0.29) is 0 Å². The van der Waals surface area contributed by atoms with E-state index in [9.17, 15) is 0 Å². The molecule has 0 aliphatic carbocycles. The van der Waals surface area contributed by atoms with Crippen LogP contribution in [0.5, 0.6) is 11.5 Å². The van der Waals surface area contributed by atoms with E-state index in [0.717, 1.165) is 32.6 Å². The molecule has 2 aromatic carbocycles. The van der Waals surface area contributed by atoms with Crippen molar-refractivity contribution < 1.29 is 4.74 Å². The fourth-order valence-corrected chi connectivity index (χ4v) is 2.74. The van der Waals surface area contributed by atoms with Crippen molar-refractivity contribution in [2.45, 2.75) is 6.54 Å². The van der Waals surface area contributed by atoms with Crippen molar-refractivity contribution in [3.63, 3.8) is 0 Å². The summed E-state index contributed by atoms with van der Waals surface area (Å²) < 4.78 is 7.76. The van der Waals surface area contributed by atoms with Gasteiger partial charge >= 0.3 is 0 Å². The van der Waals surface area contributed by atoms with Gasteiger partial charge in [0.05, 0.1) is 4.47 Å². The van der Waals surface area contributed by atoms with Gasteiger partial charge < -0.3 is 10.1 Å². The van der Waals surface area contributed by atoms with Crippen molar-refractivity contribution in [2.24, 2.45) is 0 Å². The Kier molecular flexibility index (Phi) is 5.28. The third-order valence-corrected chi connectivity index (χ3v) is 3.86. The second-order valence-corrected chi connectivity index (χ2v) is 6.17. The number of hydrogen-bond acceptors (Lipinski definition) is 2. The number of rotatable bonds is 4. The van der Waals surface area contributed by atoms with Crippen LogP contribution < -0.4 is 10.1 Å². The molecule has 2 nitrogen and oxygen atoms in total. The number of benzene rings is 2. The fourth-order valence-electron chi connectivity index (χ4n) is 1.64. The predicted octanol–water partition coefficient (Wildman–Crippen LogP) is 5.38. The quantitative estimate of drug-likeness (QED) is 0.738. The van der Waals surface area contributed by atoms with Crippen molar-refractivity contribution in [2.75, 3.05) is 7.05 Å². The molecule has 0 unspecified atom stereocenters. The van der Waals surface area contributed by atoms with Crippen LogP contribution in [0.25, 0.3) is 0 Å². The second-order valence-electron chi connectivity index (χ2n) is 3.96. The highest BCUT2D eigenvalue weighted by molar-refractivity contribution is 9.10. The summed E-state index contributed by atoms with van der Waals surface area (Å²) in [5, 5.41) is 3.80. The lowest BCUT2D eigenvalue weighted by Gasteiger charge is -2.13. The molecular weight excluding hydrogens is 393 g/mol. The summed E-state index contributed by atoms with van der Waals surface area (Å²) >= 11 is 12.8. The van der Waals surface area contributed by atoms with Crippen LogP contribution >= 0.6 is 43.5 Å². The van der Waals surface area contributed by atoms with Gasteiger partial charge in [-0.05, 0) is 53.3 Å². The van der Waals surface area contributed by atoms with Crippen LogP contribution in [0.15, 0.2) is 45.3 Å². The standard InChI is InChI=1S/C14H12Br2ClNO/c1-18-8-9-2-3-10(15)6-14(9)19-13-5-4-11(17)7-12(13)16/h2-7,18H,8H2,1H3. The summed E-state index contributed by atoms with van der Waals surface area (Å²) in [5.41, 5.74) is 1.09. The molecule has 2 aromatic rings. The van der Waals surface area contributed by atoms with Gasteiger partial charge in [-0.2, -0.15) is 0 Å². The molecule has 5 heteroatoms. The van der Waals surface area contributed by atoms with E-state index in [1.807, 2.05) is 37.4 Å². The Hall–Kier alpha value is -0.550. The van der Waals surface area contributed by atoms with E-state index in [1.165, 1.54) is 0 Å². The molecule has 0 aromatic heterocycles. The molecule has 19 heavy (non-hydrogen) atoms. The largest absolute Gasteiger partial charge is 0.456 e. The molecule has 1 N–H and O–H groups in total. The lowest BCUT2D eigenvalue weighted by atomic mass is 10.2. The van der Waals surface area contributed by atoms with Crippen molar-refractivity contribution in [1.29, 1.82) is 0 Å². The fraction of sp³-hybridized carbons (Fsp3) is 0.143. The van der Waals surface area contributed by atoms with Crippen molar-refractivity contribution in [3.05, 3.63) is 55.9 Å². The molecule has 0 bridgehead atoms. The van der Waals surface area contributed by atoms with Gasteiger partial charge in [-0.25, -0.2) is 0 Å². The van der Waals surface area contributed by atoms with Gasteiger partial charge in [0.2, 0.25) is 0 Å². The maximum absolute atomic E-state index is 5.95. The molecule has 0 heterocycles. The first-order chi connectivity index (χ1) is 9.10. The van der Waals surface area contributed by atoms with Crippen LogP contribution in [-0.4, -0.2) is 7.05 Å². The van der Waals surface area contributed by atoms with Crippen LogP contribution in [0.4, 0.5) is 0 Å². The number of halogens is 3. The summed E-state index contributed by atoms with van der Waals surface area (Å²) in [6, 6.07) is 11.4. The van der Waals surface area contributed by atoms with E-state index in [2.05, 4.69) is 37.2 Å². The van der Waals surface area contributed by atoms with Gasteiger partial charge in [-0.15, -0.1) is 0 Å². The minimum Gasteiger partial charge on any atom is -0.456 e. The molecular formula is C14H12Br2ClNO. The highest BCUT2D eigenvalue weighted by Gasteiger charge is 2.08. The van der Waals surface area contributed by atoms with Gasteiger partial charge in [0.1, 0.15) is 11.5 Å². The minimum absolute atomic E-state index is 0.670. The van der Waals surface area contributed by atoms with Crippen LogP contribution in [0.2, 0.25) is 5.02 Å². The molecule has 2 rings (SSSR count). The van der Waals surface area contributed by atoms with Crippen LogP contribution in [0.1, 0.15) is 5.56 Å². The Morgan fingerprint density at radius 1 is 1.11 bits per heavy atom. The average Bonchev–Trinajstić information content (AvgIpc) is 2.36. The normalized spacial score (nSPS) is 10.5. The Morgan fingerprint density at radius 2 is 1.89 bits per heavy atom. The van der Waals surface area contributed by atoms with E-state index in [0.29, 0.717) is 5.02 Å². The Bertz CT molecular complexity index is 590. The molecule has 0 aliphatic rings. The first kappa shape index (κ1) is 14.9. The van der Waals surface area contributed by atoms with Crippen LogP contribution in [0, 0.1) is 0 Å².